The molecule has 0 radical (unpaired) electrons. The summed E-state index contributed by atoms with van der Waals surface area (Å²) in [5, 5.41) is 17.1. The van der Waals surface area contributed by atoms with Crippen LogP contribution in [0.5, 0.6) is 5.75 Å². The van der Waals surface area contributed by atoms with E-state index in [4.69, 9.17) is 4.74 Å². The van der Waals surface area contributed by atoms with Crippen LogP contribution in [0.25, 0.3) is 0 Å². The number of aliphatic hydroxyl groups is 1. The van der Waals surface area contributed by atoms with E-state index in [1.165, 1.54) is 11.3 Å². The molecule has 3 rings (SSSR count). The number of carbonyl (C=O) groups is 2. The summed E-state index contributed by atoms with van der Waals surface area (Å²) in [6, 6.07) is 9.21. The van der Waals surface area contributed by atoms with Gasteiger partial charge in [0.2, 0.25) is 0 Å². The molecule has 0 spiro atoms. The summed E-state index contributed by atoms with van der Waals surface area (Å²) in [5.41, 5.74) is 1.74. The van der Waals surface area contributed by atoms with Crippen LogP contribution in [0, 0.1) is 0 Å². The van der Waals surface area contributed by atoms with Gasteiger partial charge in [-0.05, 0) is 34.7 Å². The molecule has 1 unspecified atom stereocenters. The lowest BCUT2D eigenvalue weighted by atomic mass is 10.0. The molecule has 1 aliphatic heterocycles. The van der Waals surface area contributed by atoms with Crippen molar-refractivity contribution in [2.75, 3.05) is 13.2 Å². The first kappa shape index (κ1) is 16.5. The summed E-state index contributed by atoms with van der Waals surface area (Å²) in [4.78, 5) is 24.5. The quantitative estimate of drug-likeness (QED) is 0.709. The first-order valence-electron chi connectivity index (χ1n) is 7.65. The van der Waals surface area contributed by atoms with Crippen LogP contribution < -0.4 is 15.4 Å². The van der Waals surface area contributed by atoms with Crippen molar-refractivity contribution in [1.82, 2.24) is 10.6 Å². The lowest BCUT2D eigenvalue weighted by Gasteiger charge is -2.13. The second kappa shape index (κ2) is 7.46. The van der Waals surface area contributed by atoms with E-state index in [0.29, 0.717) is 18.7 Å². The molecule has 2 amide bonds. The Morgan fingerprint density at radius 3 is 2.88 bits per heavy atom. The molecular weight excluding hydrogens is 328 g/mol. The monoisotopic (exact) mass is 346 g/mol. The lowest BCUT2D eigenvalue weighted by Crippen LogP contribution is -2.41. The normalized spacial score (nSPS) is 13.7. The molecular formula is C17H18N2O4S. The highest BCUT2D eigenvalue weighted by molar-refractivity contribution is 7.09. The van der Waals surface area contributed by atoms with Crippen molar-refractivity contribution in [1.29, 1.82) is 0 Å². The van der Waals surface area contributed by atoms with Crippen molar-refractivity contribution >= 4 is 23.2 Å². The molecule has 0 saturated carbocycles. The van der Waals surface area contributed by atoms with Gasteiger partial charge in [-0.1, -0.05) is 12.1 Å². The fourth-order valence-corrected chi connectivity index (χ4v) is 3.11. The molecule has 7 heteroatoms. The van der Waals surface area contributed by atoms with Crippen molar-refractivity contribution in [2.45, 2.75) is 19.1 Å². The van der Waals surface area contributed by atoms with E-state index in [9.17, 15) is 14.7 Å². The SMILES string of the molecule is O=C(NCc1cccs1)C(=O)NCC(O)c1ccc2c(c1)CCO2. The summed E-state index contributed by atoms with van der Waals surface area (Å²) < 4.78 is 5.42. The Kier molecular flexibility index (Phi) is 5.12. The summed E-state index contributed by atoms with van der Waals surface area (Å²) in [5.74, 6) is -0.629. The molecule has 3 N–H and O–H groups in total. The van der Waals surface area contributed by atoms with Crippen molar-refractivity contribution in [2.24, 2.45) is 0 Å². The lowest BCUT2D eigenvalue weighted by molar-refractivity contribution is -0.139. The van der Waals surface area contributed by atoms with E-state index < -0.39 is 17.9 Å². The van der Waals surface area contributed by atoms with Crippen LogP contribution in [0.4, 0.5) is 0 Å². The minimum absolute atomic E-state index is 0.0229. The maximum Gasteiger partial charge on any atom is 0.309 e. The molecule has 0 bridgehead atoms. The predicted molar refractivity (Wildman–Crippen MR) is 89.8 cm³/mol. The molecule has 0 aliphatic carbocycles. The summed E-state index contributed by atoms with van der Waals surface area (Å²) >= 11 is 1.51. The van der Waals surface area contributed by atoms with Gasteiger partial charge in [-0.25, -0.2) is 0 Å². The molecule has 1 aromatic carbocycles. The van der Waals surface area contributed by atoms with Crippen LogP contribution in [-0.2, 0) is 22.6 Å². The third-order valence-corrected chi connectivity index (χ3v) is 4.64. The Morgan fingerprint density at radius 1 is 1.25 bits per heavy atom. The number of carbonyl (C=O) groups excluding carboxylic acids is 2. The number of hydrogen-bond donors (Lipinski definition) is 3. The number of benzene rings is 1. The number of nitrogens with one attached hydrogen (secondary N) is 2. The second-order valence-electron chi connectivity index (χ2n) is 5.45. The Hall–Kier alpha value is -2.38. The molecule has 2 aromatic rings. The van der Waals surface area contributed by atoms with Crippen molar-refractivity contribution in [3.05, 3.63) is 51.7 Å². The van der Waals surface area contributed by atoms with E-state index in [2.05, 4.69) is 10.6 Å². The molecule has 24 heavy (non-hydrogen) atoms. The highest BCUT2D eigenvalue weighted by Crippen LogP contribution is 2.27. The highest BCUT2D eigenvalue weighted by Gasteiger charge is 2.18. The van der Waals surface area contributed by atoms with Gasteiger partial charge in [0.15, 0.2) is 0 Å². The largest absolute Gasteiger partial charge is 0.493 e. The predicted octanol–water partition coefficient (Wildman–Crippen LogP) is 1.15. The number of amides is 2. The van der Waals surface area contributed by atoms with Crippen LogP contribution in [0.3, 0.4) is 0 Å². The third-order valence-electron chi connectivity index (χ3n) is 3.76. The third kappa shape index (κ3) is 3.93. The molecule has 6 nitrogen and oxygen atoms in total. The Morgan fingerprint density at radius 2 is 2.08 bits per heavy atom. The molecule has 1 aliphatic rings. The van der Waals surface area contributed by atoms with E-state index in [1.54, 1.807) is 6.07 Å². The zero-order valence-corrected chi connectivity index (χ0v) is 13.8. The summed E-state index contributed by atoms with van der Waals surface area (Å²) in [6.07, 6.45) is -0.0575. The minimum atomic E-state index is -0.870. The van der Waals surface area contributed by atoms with Gasteiger partial charge in [0.1, 0.15) is 5.75 Å². The fraction of sp³-hybridized carbons (Fsp3) is 0.294. The standard InChI is InChI=1S/C17H18N2O4S/c20-14(11-3-4-15-12(8-11)5-6-23-15)10-19-17(22)16(21)18-9-13-2-1-7-24-13/h1-4,7-8,14,20H,5-6,9-10H2,(H,18,21)(H,19,22). The summed E-state index contributed by atoms with van der Waals surface area (Å²) in [7, 11) is 0. The Bertz CT molecular complexity index is 730. The molecule has 0 fully saturated rings. The van der Waals surface area contributed by atoms with Crippen LogP contribution >= 0.6 is 11.3 Å². The van der Waals surface area contributed by atoms with Gasteiger partial charge >= 0.3 is 11.8 Å². The maximum atomic E-state index is 11.8. The molecule has 1 atom stereocenters. The van der Waals surface area contributed by atoms with Crippen molar-refractivity contribution in [3.63, 3.8) is 0 Å². The van der Waals surface area contributed by atoms with Gasteiger partial charge in [-0.3, -0.25) is 9.59 Å². The second-order valence-corrected chi connectivity index (χ2v) is 6.49. The van der Waals surface area contributed by atoms with Gasteiger partial charge in [0.05, 0.1) is 19.3 Å². The van der Waals surface area contributed by atoms with Crippen LogP contribution in [-0.4, -0.2) is 30.1 Å². The first-order valence-corrected chi connectivity index (χ1v) is 8.53. The Balaban J connectivity index is 1.47. The van der Waals surface area contributed by atoms with Gasteiger partial charge in [0.25, 0.3) is 0 Å². The van der Waals surface area contributed by atoms with Crippen LogP contribution in [0.15, 0.2) is 35.7 Å². The number of aliphatic hydroxyl groups excluding tert-OH is 1. The van der Waals surface area contributed by atoms with Crippen LogP contribution in [0.2, 0.25) is 0 Å². The smallest absolute Gasteiger partial charge is 0.309 e. The van der Waals surface area contributed by atoms with Gasteiger partial charge in [0, 0.05) is 17.8 Å². The zero-order chi connectivity index (χ0) is 16.9. The van der Waals surface area contributed by atoms with Gasteiger partial charge in [-0.2, -0.15) is 0 Å². The number of fused-ring (bicyclic) bond motifs is 1. The maximum absolute atomic E-state index is 11.8. The van der Waals surface area contributed by atoms with E-state index in [-0.39, 0.29) is 6.54 Å². The average molecular weight is 346 g/mol. The van der Waals surface area contributed by atoms with Gasteiger partial charge < -0.3 is 20.5 Å². The van der Waals surface area contributed by atoms with Crippen molar-refractivity contribution in [3.8, 4) is 5.75 Å². The van der Waals surface area contributed by atoms with Crippen molar-refractivity contribution < 1.29 is 19.4 Å². The van der Waals surface area contributed by atoms with E-state index in [1.807, 2.05) is 29.6 Å². The topological polar surface area (TPSA) is 87.7 Å². The zero-order valence-electron chi connectivity index (χ0n) is 13.0. The molecule has 2 heterocycles. The Labute approximate surface area is 143 Å². The van der Waals surface area contributed by atoms with Gasteiger partial charge in [-0.15, -0.1) is 11.3 Å². The fourth-order valence-electron chi connectivity index (χ4n) is 2.46. The summed E-state index contributed by atoms with van der Waals surface area (Å²) in [6.45, 7) is 0.943. The number of ether oxygens (including phenoxy) is 1. The van der Waals surface area contributed by atoms with E-state index in [0.717, 1.165) is 22.6 Å². The van der Waals surface area contributed by atoms with Crippen LogP contribution in [0.1, 0.15) is 22.1 Å². The molecule has 0 saturated heterocycles. The first-order chi connectivity index (χ1) is 11.6. The average Bonchev–Trinajstić information content (AvgIpc) is 3.27. The van der Waals surface area contributed by atoms with E-state index >= 15 is 0 Å². The number of hydrogen-bond acceptors (Lipinski definition) is 5. The highest BCUT2D eigenvalue weighted by atomic mass is 32.1. The number of thiophene rings is 1. The molecule has 126 valence electrons. The minimum Gasteiger partial charge on any atom is -0.493 e. The molecule has 1 aromatic heterocycles. The number of rotatable bonds is 5.